The monoisotopic (exact) mass is 721 g/mol. The standard InChI is InChI=1S/C36H31F4N5O3S2/c37-25-6-4-22(5-7-25)28(23-13-26(38)16-27(39)14-23)17-34(46)44-32-20-42-19-30(40)29(32)15-24-18-36(24)21-41-11-12-45(36)50(47,48)35-9-8-33(49-35)31-3-1-2-10-43-31/h1-10,13-14,16,19-20,24,28,41H,11-12,15,17-18,21H2,(H,44,46)/t24-,28+,36+/m1/s1. The van der Waals surface area contributed by atoms with E-state index in [-0.39, 0.29) is 46.3 Å². The largest absolute Gasteiger partial charge is 0.324 e. The minimum atomic E-state index is -3.90. The Morgan fingerprint density at radius 2 is 1.76 bits per heavy atom. The van der Waals surface area contributed by atoms with Crippen LogP contribution in [-0.4, -0.2) is 53.8 Å². The quantitative estimate of drug-likeness (QED) is 0.159. The first-order valence-electron chi connectivity index (χ1n) is 15.9. The van der Waals surface area contributed by atoms with Gasteiger partial charge in [0, 0.05) is 49.8 Å². The number of carbonyl (C=O) groups excluding carboxylic acids is 1. The van der Waals surface area contributed by atoms with Gasteiger partial charge >= 0.3 is 0 Å². The lowest BCUT2D eigenvalue weighted by molar-refractivity contribution is -0.116. The van der Waals surface area contributed by atoms with Crippen LogP contribution in [0, 0.1) is 29.2 Å². The summed E-state index contributed by atoms with van der Waals surface area (Å²) in [5.41, 5.74) is 0.781. The van der Waals surface area contributed by atoms with Gasteiger partial charge in [-0.2, -0.15) is 4.31 Å². The topological polar surface area (TPSA) is 104 Å². The van der Waals surface area contributed by atoms with Crippen molar-refractivity contribution >= 4 is 33.0 Å². The highest BCUT2D eigenvalue weighted by atomic mass is 32.2. The normalized spacial score (nSPS) is 19.7. The average molecular weight is 722 g/mol. The maximum Gasteiger partial charge on any atom is 0.253 e. The summed E-state index contributed by atoms with van der Waals surface area (Å²) in [5.74, 6) is -4.54. The number of anilines is 1. The van der Waals surface area contributed by atoms with E-state index < -0.39 is 50.7 Å². The Hall–Kier alpha value is -4.50. The van der Waals surface area contributed by atoms with Gasteiger partial charge in [-0.1, -0.05) is 18.2 Å². The van der Waals surface area contributed by atoms with Crippen LogP contribution >= 0.6 is 11.3 Å². The molecule has 1 aliphatic carbocycles. The van der Waals surface area contributed by atoms with Crippen LogP contribution in [0.25, 0.3) is 10.6 Å². The van der Waals surface area contributed by atoms with Gasteiger partial charge in [0.1, 0.15) is 27.5 Å². The van der Waals surface area contributed by atoms with Crippen LogP contribution in [0.15, 0.2) is 95.6 Å². The van der Waals surface area contributed by atoms with E-state index >= 15 is 4.39 Å². The molecule has 0 radical (unpaired) electrons. The average Bonchev–Trinajstić information content (AvgIpc) is 3.49. The number of rotatable bonds is 10. The van der Waals surface area contributed by atoms with Gasteiger partial charge < -0.3 is 10.6 Å². The molecule has 8 nitrogen and oxygen atoms in total. The molecule has 1 saturated heterocycles. The van der Waals surface area contributed by atoms with Crippen LogP contribution in [0.1, 0.15) is 35.4 Å². The molecule has 3 aromatic heterocycles. The molecular formula is C36H31F4N5O3S2. The second-order valence-electron chi connectivity index (χ2n) is 12.5. The SMILES string of the molecule is O=C(C[C@@H](c1ccc(F)cc1)c1cc(F)cc(F)c1)Nc1cncc(F)c1C[C@@H]1C[C@]12CNCCN2S(=O)(=O)c1ccc(-c2ccccn2)s1. The van der Waals surface area contributed by atoms with E-state index in [0.717, 1.165) is 34.5 Å². The molecule has 1 aliphatic heterocycles. The molecule has 0 unspecified atom stereocenters. The molecule has 7 rings (SSSR count). The number of benzene rings is 2. The Morgan fingerprint density at radius 1 is 0.980 bits per heavy atom. The van der Waals surface area contributed by atoms with Gasteiger partial charge in [-0.3, -0.25) is 14.8 Å². The minimum absolute atomic E-state index is 0.108. The van der Waals surface area contributed by atoms with Crippen molar-refractivity contribution < 1.29 is 30.8 Å². The van der Waals surface area contributed by atoms with Crippen molar-refractivity contribution in [1.82, 2.24) is 19.6 Å². The molecule has 5 aromatic rings. The molecule has 2 fully saturated rings. The van der Waals surface area contributed by atoms with Crippen LogP contribution in [0.4, 0.5) is 23.2 Å². The number of thiophene rings is 1. The van der Waals surface area contributed by atoms with Gasteiger partial charge in [-0.25, -0.2) is 26.0 Å². The van der Waals surface area contributed by atoms with Crippen LogP contribution < -0.4 is 10.6 Å². The van der Waals surface area contributed by atoms with E-state index in [0.29, 0.717) is 36.8 Å². The Kier molecular flexibility index (Phi) is 9.28. The molecule has 1 spiro atoms. The number of amides is 1. The van der Waals surface area contributed by atoms with E-state index in [4.69, 9.17) is 0 Å². The molecule has 1 amide bonds. The number of carbonyl (C=O) groups is 1. The summed E-state index contributed by atoms with van der Waals surface area (Å²) < 4.78 is 87.4. The molecule has 14 heteroatoms. The highest BCUT2D eigenvalue weighted by molar-refractivity contribution is 7.91. The lowest BCUT2D eigenvalue weighted by Crippen LogP contribution is -2.56. The van der Waals surface area contributed by atoms with Gasteiger partial charge in [-0.05, 0) is 78.4 Å². The third kappa shape index (κ3) is 6.80. The summed E-state index contributed by atoms with van der Waals surface area (Å²) in [6.45, 7) is 1.08. The zero-order valence-corrected chi connectivity index (χ0v) is 28.1. The fourth-order valence-electron chi connectivity index (χ4n) is 6.83. The third-order valence-corrected chi connectivity index (χ3v) is 12.9. The molecule has 2 aromatic carbocycles. The molecule has 4 heterocycles. The highest BCUT2D eigenvalue weighted by Gasteiger charge is 2.62. The minimum Gasteiger partial charge on any atom is -0.324 e. The summed E-state index contributed by atoms with van der Waals surface area (Å²) in [7, 11) is -3.90. The zero-order valence-electron chi connectivity index (χ0n) is 26.5. The predicted octanol–water partition coefficient (Wildman–Crippen LogP) is 6.52. The molecule has 258 valence electrons. The van der Waals surface area contributed by atoms with Crippen LogP contribution in [0.3, 0.4) is 0 Å². The van der Waals surface area contributed by atoms with Crippen molar-refractivity contribution in [2.75, 3.05) is 25.0 Å². The van der Waals surface area contributed by atoms with E-state index in [9.17, 15) is 26.4 Å². The summed E-state index contributed by atoms with van der Waals surface area (Å²) >= 11 is 1.15. The summed E-state index contributed by atoms with van der Waals surface area (Å²) in [6, 6.07) is 17.0. The van der Waals surface area contributed by atoms with E-state index in [1.54, 1.807) is 24.4 Å². The van der Waals surface area contributed by atoms with Crippen LogP contribution in [-0.2, 0) is 21.2 Å². The maximum absolute atomic E-state index is 15.4. The Balaban J connectivity index is 1.11. The number of nitrogens with one attached hydrogen (secondary N) is 2. The molecule has 2 aliphatic rings. The fourth-order valence-corrected chi connectivity index (χ4v) is 10.1. The number of halogens is 4. The van der Waals surface area contributed by atoms with E-state index in [1.807, 2.05) is 12.1 Å². The van der Waals surface area contributed by atoms with Crippen molar-refractivity contribution in [3.8, 4) is 10.6 Å². The van der Waals surface area contributed by atoms with Gasteiger partial charge in [0.05, 0.1) is 34.2 Å². The summed E-state index contributed by atoms with van der Waals surface area (Å²) in [6.07, 6.45) is 4.30. The molecule has 0 bridgehead atoms. The lowest BCUT2D eigenvalue weighted by atomic mass is 9.88. The number of hydrogen-bond donors (Lipinski definition) is 2. The second-order valence-corrected chi connectivity index (χ2v) is 15.7. The van der Waals surface area contributed by atoms with Gasteiger partial charge in [0.2, 0.25) is 5.91 Å². The van der Waals surface area contributed by atoms with Crippen molar-refractivity contribution in [3.63, 3.8) is 0 Å². The van der Waals surface area contributed by atoms with Gasteiger partial charge in [0.25, 0.3) is 10.0 Å². The molecular weight excluding hydrogens is 691 g/mol. The van der Waals surface area contributed by atoms with Crippen LogP contribution in [0.5, 0.6) is 0 Å². The van der Waals surface area contributed by atoms with Crippen LogP contribution in [0.2, 0.25) is 0 Å². The zero-order chi connectivity index (χ0) is 35.0. The van der Waals surface area contributed by atoms with E-state index in [2.05, 4.69) is 20.6 Å². The Morgan fingerprint density at radius 3 is 2.50 bits per heavy atom. The first-order chi connectivity index (χ1) is 24.0. The predicted molar refractivity (Wildman–Crippen MR) is 181 cm³/mol. The van der Waals surface area contributed by atoms with E-state index in [1.165, 1.54) is 34.8 Å². The van der Waals surface area contributed by atoms with Gasteiger partial charge in [0.15, 0.2) is 0 Å². The number of aromatic nitrogens is 2. The van der Waals surface area contributed by atoms with Crippen molar-refractivity contribution in [1.29, 1.82) is 0 Å². The molecule has 50 heavy (non-hydrogen) atoms. The number of nitrogens with zero attached hydrogens (tertiary/aromatic N) is 3. The van der Waals surface area contributed by atoms with Gasteiger partial charge in [-0.15, -0.1) is 11.3 Å². The van der Waals surface area contributed by atoms with Crippen molar-refractivity contribution in [3.05, 3.63) is 131 Å². The first-order valence-corrected chi connectivity index (χ1v) is 18.2. The third-order valence-electron chi connectivity index (χ3n) is 9.34. The summed E-state index contributed by atoms with van der Waals surface area (Å²) in [5, 5.41) is 6.02. The first kappa shape index (κ1) is 34.0. The number of pyridine rings is 2. The highest BCUT2D eigenvalue weighted by Crippen LogP contribution is 2.54. The lowest BCUT2D eigenvalue weighted by Gasteiger charge is -2.36. The van der Waals surface area contributed by atoms with Crippen molar-refractivity contribution in [2.24, 2.45) is 5.92 Å². The number of hydrogen-bond acceptors (Lipinski definition) is 7. The number of sulfonamides is 1. The molecule has 2 N–H and O–H groups in total. The smallest absolute Gasteiger partial charge is 0.253 e. The molecule has 1 saturated carbocycles. The van der Waals surface area contributed by atoms with Crippen molar-refractivity contribution in [2.45, 2.75) is 34.9 Å². The second kappa shape index (κ2) is 13.7. The maximum atomic E-state index is 15.4. The Labute approximate surface area is 290 Å². The fraction of sp³-hybridized carbons (Fsp3) is 0.250. The Bertz CT molecular complexity index is 2130. The molecule has 3 atom stereocenters. The number of piperazine rings is 1. The summed E-state index contributed by atoms with van der Waals surface area (Å²) in [4.78, 5) is 22.5.